The van der Waals surface area contributed by atoms with Crippen LogP contribution in [0.25, 0.3) is 10.9 Å². The highest BCUT2D eigenvalue weighted by atomic mass is 19.4. The topological polar surface area (TPSA) is 88.2 Å². The Morgan fingerprint density at radius 2 is 1.86 bits per heavy atom. The molecule has 0 aliphatic heterocycles. The number of halogens is 3. The summed E-state index contributed by atoms with van der Waals surface area (Å²) in [5, 5.41) is 7.88. The van der Waals surface area contributed by atoms with Crippen LogP contribution in [0.5, 0.6) is 5.75 Å². The SMILES string of the molecule is CC(C)n1[nH]c(=O)c2cc(NC(=O)Nc3ccccc3OC(F)(F)F)ccc21. The Morgan fingerprint density at radius 3 is 2.54 bits per heavy atom. The normalized spacial score (nSPS) is 11.6. The summed E-state index contributed by atoms with van der Waals surface area (Å²) in [7, 11) is 0. The number of aromatic nitrogens is 2. The number of benzene rings is 2. The molecule has 2 amide bonds. The van der Waals surface area contributed by atoms with Crippen LogP contribution < -0.4 is 20.9 Å². The number of hydrogen-bond acceptors (Lipinski definition) is 3. The van der Waals surface area contributed by atoms with E-state index in [0.717, 1.165) is 6.07 Å². The van der Waals surface area contributed by atoms with Gasteiger partial charge in [0.25, 0.3) is 5.56 Å². The summed E-state index contributed by atoms with van der Waals surface area (Å²) in [6, 6.07) is 9.18. The Balaban J connectivity index is 1.79. The number of carbonyl (C=O) groups is 1. The van der Waals surface area contributed by atoms with Crippen molar-refractivity contribution in [3.8, 4) is 5.75 Å². The third-order valence-electron chi connectivity index (χ3n) is 3.86. The highest BCUT2D eigenvalue weighted by Crippen LogP contribution is 2.30. The number of alkyl halides is 3. The first-order valence-corrected chi connectivity index (χ1v) is 8.31. The first-order valence-electron chi connectivity index (χ1n) is 8.31. The van der Waals surface area contributed by atoms with Crippen LogP contribution >= 0.6 is 0 Å². The first-order chi connectivity index (χ1) is 13.1. The summed E-state index contributed by atoms with van der Waals surface area (Å²) in [5.74, 6) is -0.536. The molecule has 148 valence electrons. The minimum absolute atomic E-state index is 0.0393. The van der Waals surface area contributed by atoms with Crippen molar-refractivity contribution in [1.29, 1.82) is 0 Å². The van der Waals surface area contributed by atoms with Crippen LogP contribution in [0.3, 0.4) is 0 Å². The molecule has 0 atom stereocenters. The van der Waals surface area contributed by atoms with Gasteiger partial charge in [-0.3, -0.25) is 14.6 Å². The molecule has 3 aromatic rings. The van der Waals surface area contributed by atoms with Crippen LogP contribution in [-0.2, 0) is 0 Å². The van der Waals surface area contributed by atoms with E-state index in [0.29, 0.717) is 16.6 Å². The Kier molecular flexibility index (Phi) is 5.04. The molecular formula is C18H17F3N4O3. The van der Waals surface area contributed by atoms with Crippen LogP contribution in [0.1, 0.15) is 19.9 Å². The van der Waals surface area contributed by atoms with Crippen molar-refractivity contribution in [2.45, 2.75) is 26.3 Å². The number of anilines is 2. The lowest BCUT2D eigenvalue weighted by Crippen LogP contribution is -2.22. The molecule has 0 spiro atoms. The van der Waals surface area contributed by atoms with Gasteiger partial charge in [0.15, 0.2) is 5.75 Å². The van der Waals surface area contributed by atoms with Gasteiger partial charge in [-0.05, 0) is 44.2 Å². The number of urea groups is 1. The van der Waals surface area contributed by atoms with Crippen LogP contribution in [-0.4, -0.2) is 22.2 Å². The summed E-state index contributed by atoms with van der Waals surface area (Å²) < 4.78 is 43.0. The standard InChI is InChI=1S/C18H17F3N4O3/c1-10(2)25-14-8-7-11(9-12(14)16(26)24-25)22-17(27)23-13-5-3-4-6-15(13)28-18(19,20)21/h3-10H,1-2H3,(H,24,26)(H2,22,23,27). The van der Waals surface area contributed by atoms with Crippen LogP contribution in [0.2, 0.25) is 0 Å². The maximum atomic E-state index is 12.5. The molecule has 0 unspecified atom stereocenters. The number of aromatic amines is 1. The van der Waals surface area contributed by atoms with Gasteiger partial charge in [0.1, 0.15) is 0 Å². The van der Waals surface area contributed by atoms with Gasteiger partial charge >= 0.3 is 12.4 Å². The number of rotatable bonds is 4. The molecule has 3 N–H and O–H groups in total. The smallest absolute Gasteiger partial charge is 0.404 e. The molecule has 0 radical (unpaired) electrons. The van der Waals surface area contributed by atoms with E-state index in [-0.39, 0.29) is 17.3 Å². The molecule has 0 aliphatic carbocycles. The van der Waals surface area contributed by atoms with Crippen molar-refractivity contribution < 1.29 is 22.7 Å². The van der Waals surface area contributed by atoms with Crippen molar-refractivity contribution in [2.24, 2.45) is 0 Å². The maximum Gasteiger partial charge on any atom is 0.573 e. The number of fused-ring (bicyclic) bond motifs is 1. The van der Waals surface area contributed by atoms with E-state index in [1.54, 1.807) is 16.8 Å². The second-order valence-corrected chi connectivity index (χ2v) is 6.26. The Bertz CT molecular complexity index is 1070. The van der Waals surface area contributed by atoms with Gasteiger partial charge in [-0.15, -0.1) is 13.2 Å². The molecule has 28 heavy (non-hydrogen) atoms. The predicted molar refractivity (Wildman–Crippen MR) is 98.7 cm³/mol. The highest BCUT2D eigenvalue weighted by molar-refractivity contribution is 6.01. The third kappa shape index (κ3) is 4.27. The van der Waals surface area contributed by atoms with Crippen LogP contribution in [0.15, 0.2) is 47.3 Å². The lowest BCUT2D eigenvalue weighted by molar-refractivity contribution is -0.274. The summed E-state index contributed by atoms with van der Waals surface area (Å²) in [6.07, 6.45) is -4.89. The number of H-pyrrole nitrogens is 1. The molecule has 0 saturated heterocycles. The molecule has 0 aliphatic rings. The van der Waals surface area contributed by atoms with Crippen molar-refractivity contribution in [3.05, 3.63) is 52.8 Å². The molecular weight excluding hydrogens is 377 g/mol. The number of nitrogens with zero attached hydrogens (tertiary/aromatic N) is 1. The average molecular weight is 394 g/mol. The van der Waals surface area contributed by atoms with Gasteiger partial charge in [0.05, 0.1) is 16.6 Å². The van der Waals surface area contributed by atoms with E-state index < -0.39 is 18.1 Å². The fourth-order valence-corrected chi connectivity index (χ4v) is 2.71. The largest absolute Gasteiger partial charge is 0.573 e. The average Bonchev–Trinajstić information content (AvgIpc) is 2.92. The molecule has 3 rings (SSSR count). The number of hydrogen-bond donors (Lipinski definition) is 3. The van der Waals surface area contributed by atoms with Crippen molar-refractivity contribution in [3.63, 3.8) is 0 Å². The quantitative estimate of drug-likeness (QED) is 0.611. The van der Waals surface area contributed by atoms with Crippen LogP contribution in [0, 0.1) is 0 Å². The molecule has 1 heterocycles. The van der Waals surface area contributed by atoms with E-state index in [2.05, 4.69) is 20.5 Å². The van der Waals surface area contributed by atoms with Crippen molar-refractivity contribution in [2.75, 3.05) is 10.6 Å². The van der Waals surface area contributed by atoms with Crippen molar-refractivity contribution >= 4 is 28.3 Å². The molecule has 0 fully saturated rings. The summed E-state index contributed by atoms with van der Waals surface area (Å²) in [4.78, 5) is 24.3. The summed E-state index contributed by atoms with van der Waals surface area (Å²) >= 11 is 0. The fraction of sp³-hybridized carbons (Fsp3) is 0.222. The molecule has 10 heteroatoms. The number of amides is 2. The molecule has 1 aromatic heterocycles. The van der Waals surface area contributed by atoms with E-state index in [1.807, 2.05) is 13.8 Å². The fourth-order valence-electron chi connectivity index (χ4n) is 2.71. The first kappa shape index (κ1) is 19.3. The Hall–Kier alpha value is -3.43. The van der Waals surface area contributed by atoms with Crippen LogP contribution in [0.4, 0.5) is 29.3 Å². The van der Waals surface area contributed by atoms with Gasteiger partial charge < -0.3 is 15.4 Å². The highest BCUT2D eigenvalue weighted by Gasteiger charge is 2.32. The molecule has 7 nitrogen and oxygen atoms in total. The number of ether oxygens (including phenoxy) is 1. The Morgan fingerprint density at radius 1 is 1.14 bits per heavy atom. The van der Waals surface area contributed by atoms with E-state index in [1.165, 1.54) is 24.3 Å². The zero-order valence-electron chi connectivity index (χ0n) is 14.9. The van der Waals surface area contributed by atoms with E-state index in [9.17, 15) is 22.8 Å². The zero-order chi connectivity index (χ0) is 20.5. The molecule has 0 bridgehead atoms. The zero-order valence-corrected chi connectivity index (χ0v) is 14.9. The van der Waals surface area contributed by atoms with E-state index in [4.69, 9.17) is 0 Å². The lowest BCUT2D eigenvalue weighted by atomic mass is 10.2. The van der Waals surface area contributed by atoms with Gasteiger partial charge in [0, 0.05) is 11.7 Å². The van der Waals surface area contributed by atoms with Crippen molar-refractivity contribution in [1.82, 2.24) is 9.78 Å². The maximum absolute atomic E-state index is 12.5. The molecule has 2 aromatic carbocycles. The van der Waals surface area contributed by atoms with Gasteiger partial charge in [0.2, 0.25) is 0 Å². The van der Waals surface area contributed by atoms with E-state index >= 15 is 0 Å². The summed E-state index contributed by atoms with van der Waals surface area (Å²) in [5.41, 5.74) is 0.528. The third-order valence-corrected chi connectivity index (χ3v) is 3.86. The minimum atomic E-state index is -4.89. The van der Waals surface area contributed by atoms with Gasteiger partial charge in [-0.1, -0.05) is 12.1 Å². The minimum Gasteiger partial charge on any atom is -0.404 e. The monoisotopic (exact) mass is 394 g/mol. The predicted octanol–water partition coefficient (Wildman–Crippen LogP) is 4.45. The number of nitrogens with one attached hydrogen (secondary N) is 3. The summed E-state index contributed by atoms with van der Waals surface area (Å²) in [6.45, 7) is 3.82. The van der Waals surface area contributed by atoms with Gasteiger partial charge in [-0.2, -0.15) is 0 Å². The Labute approximate surface area is 157 Å². The number of para-hydroxylation sites is 2. The van der Waals surface area contributed by atoms with Gasteiger partial charge in [-0.25, -0.2) is 4.79 Å². The second kappa shape index (κ2) is 7.29. The lowest BCUT2D eigenvalue weighted by Gasteiger charge is -2.14. The second-order valence-electron chi connectivity index (χ2n) is 6.26. The molecule has 0 saturated carbocycles. The number of carbonyl (C=O) groups excluding carboxylic acids is 1.